The van der Waals surface area contributed by atoms with Crippen molar-refractivity contribution < 1.29 is 28.6 Å². The van der Waals surface area contributed by atoms with Crippen LogP contribution in [-0.2, 0) is 28.6 Å². The summed E-state index contributed by atoms with van der Waals surface area (Å²) in [5, 5.41) is 0. The zero-order valence-electron chi connectivity index (χ0n) is 41.1. The predicted molar refractivity (Wildman–Crippen MR) is 270 cm³/mol. The molecule has 0 radical (unpaired) electrons. The molecule has 0 fully saturated rings. The van der Waals surface area contributed by atoms with Crippen molar-refractivity contribution in [2.75, 3.05) is 13.2 Å². The monoisotopic (exact) mass is 877 g/mol. The number of rotatable bonds is 46. The third-order valence-electron chi connectivity index (χ3n) is 10.9. The summed E-state index contributed by atoms with van der Waals surface area (Å²) in [6.45, 7) is 6.42. The minimum absolute atomic E-state index is 0.108. The smallest absolute Gasteiger partial charge is 0.306 e. The van der Waals surface area contributed by atoms with Gasteiger partial charge in [0, 0.05) is 19.3 Å². The molecule has 0 aliphatic heterocycles. The molecule has 0 N–H and O–H groups in total. The van der Waals surface area contributed by atoms with Crippen LogP contribution in [0.3, 0.4) is 0 Å². The number of allylic oxidation sites excluding steroid dienone is 14. The molecular weight excluding hydrogens is 781 g/mol. The van der Waals surface area contributed by atoms with Gasteiger partial charge in [-0.25, -0.2) is 0 Å². The molecule has 360 valence electrons. The van der Waals surface area contributed by atoms with Gasteiger partial charge in [0.15, 0.2) is 6.10 Å². The topological polar surface area (TPSA) is 78.9 Å². The Morgan fingerprint density at radius 3 is 1.03 bits per heavy atom. The van der Waals surface area contributed by atoms with Crippen molar-refractivity contribution >= 4 is 17.9 Å². The van der Waals surface area contributed by atoms with Gasteiger partial charge in [0.25, 0.3) is 0 Å². The van der Waals surface area contributed by atoms with E-state index in [9.17, 15) is 14.4 Å². The molecule has 0 spiro atoms. The second kappa shape index (κ2) is 51.2. The molecule has 0 aliphatic rings. The van der Waals surface area contributed by atoms with Gasteiger partial charge in [0.1, 0.15) is 13.2 Å². The highest BCUT2D eigenvalue weighted by atomic mass is 16.6. The maximum atomic E-state index is 12.7. The summed E-state index contributed by atoms with van der Waals surface area (Å²) < 4.78 is 16.7. The summed E-state index contributed by atoms with van der Waals surface area (Å²) in [4.78, 5) is 37.9. The van der Waals surface area contributed by atoms with E-state index in [0.29, 0.717) is 19.3 Å². The quantitative estimate of drug-likeness (QED) is 0.0262. The van der Waals surface area contributed by atoms with Crippen LogP contribution >= 0.6 is 0 Å². The van der Waals surface area contributed by atoms with E-state index in [1.807, 2.05) is 12.2 Å². The third kappa shape index (κ3) is 49.5. The van der Waals surface area contributed by atoms with Crippen LogP contribution in [-0.4, -0.2) is 37.2 Å². The van der Waals surface area contributed by atoms with Crippen molar-refractivity contribution in [2.24, 2.45) is 0 Å². The fourth-order valence-corrected chi connectivity index (χ4v) is 6.99. The van der Waals surface area contributed by atoms with E-state index >= 15 is 0 Å². The van der Waals surface area contributed by atoms with Gasteiger partial charge in [0.05, 0.1) is 0 Å². The van der Waals surface area contributed by atoms with E-state index in [1.165, 1.54) is 103 Å². The molecule has 6 heteroatoms. The minimum Gasteiger partial charge on any atom is -0.462 e. The summed E-state index contributed by atoms with van der Waals surface area (Å²) in [5.41, 5.74) is 0. The average molecular weight is 877 g/mol. The fraction of sp³-hybridized carbons (Fsp3) is 0.702. The molecule has 0 aromatic rings. The molecule has 0 saturated carbocycles. The van der Waals surface area contributed by atoms with Gasteiger partial charge in [-0.3, -0.25) is 14.4 Å². The van der Waals surface area contributed by atoms with Crippen molar-refractivity contribution in [3.63, 3.8) is 0 Å². The lowest BCUT2D eigenvalue weighted by atomic mass is 10.1. The molecule has 1 unspecified atom stereocenters. The first-order valence-electron chi connectivity index (χ1n) is 26.1. The third-order valence-corrected chi connectivity index (χ3v) is 10.9. The van der Waals surface area contributed by atoms with E-state index in [-0.39, 0.29) is 31.6 Å². The van der Waals surface area contributed by atoms with Crippen LogP contribution < -0.4 is 0 Å². The molecule has 0 aromatic carbocycles. The number of ether oxygens (including phenoxy) is 3. The van der Waals surface area contributed by atoms with E-state index in [2.05, 4.69) is 93.7 Å². The van der Waals surface area contributed by atoms with Crippen molar-refractivity contribution in [3.8, 4) is 0 Å². The average Bonchev–Trinajstić information content (AvgIpc) is 3.28. The predicted octanol–water partition coefficient (Wildman–Crippen LogP) is 17.2. The molecule has 0 amide bonds. The van der Waals surface area contributed by atoms with Crippen LogP contribution in [0.15, 0.2) is 85.1 Å². The Kier molecular flexibility index (Phi) is 48.5. The molecule has 0 saturated heterocycles. The van der Waals surface area contributed by atoms with Crippen molar-refractivity contribution in [1.82, 2.24) is 0 Å². The molecule has 0 rings (SSSR count). The first-order valence-corrected chi connectivity index (χ1v) is 26.1. The van der Waals surface area contributed by atoms with Gasteiger partial charge in [-0.1, -0.05) is 221 Å². The second-order valence-electron chi connectivity index (χ2n) is 17.1. The Morgan fingerprint density at radius 2 is 0.651 bits per heavy atom. The number of carbonyl (C=O) groups excluding carboxylic acids is 3. The minimum atomic E-state index is -0.818. The Hall–Kier alpha value is -3.41. The number of esters is 3. The highest BCUT2D eigenvalue weighted by Gasteiger charge is 2.19. The van der Waals surface area contributed by atoms with Crippen LogP contribution in [0.5, 0.6) is 0 Å². The van der Waals surface area contributed by atoms with E-state index in [0.717, 1.165) is 89.9 Å². The Balaban J connectivity index is 4.42. The molecule has 63 heavy (non-hydrogen) atoms. The Morgan fingerprint density at radius 1 is 0.333 bits per heavy atom. The summed E-state index contributed by atoms with van der Waals surface area (Å²) in [5.74, 6) is -1.01. The highest BCUT2D eigenvalue weighted by Crippen LogP contribution is 2.14. The largest absolute Gasteiger partial charge is 0.462 e. The first kappa shape index (κ1) is 59.6. The van der Waals surface area contributed by atoms with Crippen LogP contribution in [0.2, 0.25) is 0 Å². The van der Waals surface area contributed by atoms with Crippen molar-refractivity contribution in [1.29, 1.82) is 0 Å². The summed E-state index contributed by atoms with van der Waals surface area (Å²) in [7, 11) is 0. The molecule has 0 bridgehead atoms. The molecule has 1 atom stereocenters. The zero-order chi connectivity index (χ0) is 45.8. The number of hydrogen-bond donors (Lipinski definition) is 0. The number of hydrogen-bond acceptors (Lipinski definition) is 6. The normalized spacial score (nSPS) is 12.7. The summed E-state index contributed by atoms with van der Waals surface area (Å²) in [6, 6.07) is 0. The van der Waals surface area contributed by atoms with Crippen LogP contribution in [0.1, 0.15) is 239 Å². The highest BCUT2D eigenvalue weighted by molar-refractivity contribution is 5.71. The van der Waals surface area contributed by atoms with E-state index in [1.54, 1.807) is 0 Å². The Bertz CT molecular complexity index is 1240. The van der Waals surface area contributed by atoms with Crippen LogP contribution in [0.4, 0.5) is 0 Å². The summed E-state index contributed by atoms with van der Waals surface area (Å²) in [6.07, 6.45) is 65.8. The van der Waals surface area contributed by atoms with E-state index < -0.39 is 12.1 Å². The number of carbonyl (C=O) groups is 3. The molecule has 0 heterocycles. The van der Waals surface area contributed by atoms with E-state index in [4.69, 9.17) is 14.2 Å². The summed E-state index contributed by atoms with van der Waals surface area (Å²) >= 11 is 0. The lowest BCUT2D eigenvalue weighted by Crippen LogP contribution is -2.30. The van der Waals surface area contributed by atoms with Gasteiger partial charge in [-0.15, -0.1) is 0 Å². The van der Waals surface area contributed by atoms with Gasteiger partial charge >= 0.3 is 17.9 Å². The maximum absolute atomic E-state index is 12.7. The Labute approximate surface area is 388 Å². The lowest BCUT2D eigenvalue weighted by Gasteiger charge is -2.18. The molecule has 0 aromatic heterocycles. The van der Waals surface area contributed by atoms with Crippen molar-refractivity contribution in [2.45, 2.75) is 245 Å². The first-order chi connectivity index (χ1) is 31.0. The molecule has 0 aliphatic carbocycles. The number of unbranched alkanes of at least 4 members (excludes halogenated alkanes) is 21. The van der Waals surface area contributed by atoms with Gasteiger partial charge in [-0.2, -0.15) is 0 Å². The van der Waals surface area contributed by atoms with Gasteiger partial charge in [0.2, 0.25) is 0 Å². The second-order valence-corrected chi connectivity index (χ2v) is 17.1. The van der Waals surface area contributed by atoms with Gasteiger partial charge in [-0.05, 0) is 83.5 Å². The zero-order valence-corrected chi connectivity index (χ0v) is 41.1. The maximum Gasteiger partial charge on any atom is 0.306 e. The van der Waals surface area contributed by atoms with Gasteiger partial charge < -0.3 is 14.2 Å². The fourth-order valence-electron chi connectivity index (χ4n) is 6.99. The molecular formula is C57H96O6. The SMILES string of the molecule is CC/C=C\C/C=C\C/C=C\C/C=C\CCC(=O)OC(COC(=O)CCCCCCCC/C=C\C/C=C\C/C=C\CCCCCCC)COC(=O)CCCCCCCCCCCCC. The molecule has 6 nitrogen and oxygen atoms in total. The van der Waals surface area contributed by atoms with Crippen molar-refractivity contribution in [3.05, 3.63) is 85.1 Å². The van der Waals surface area contributed by atoms with Crippen LogP contribution in [0.25, 0.3) is 0 Å². The van der Waals surface area contributed by atoms with Crippen LogP contribution in [0, 0.1) is 0 Å². The lowest BCUT2D eigenvalue weighted by molar-refractivity contribution is -0.166. The standard InChI is InChI=1S/C57H96O6/c1-4-7-10-13-16-19-22-24-25-26-27-28-29-30-31-33-35-38-41-44-47-50-56(59)62-53-54(52-61-55(58)49-46-43-40-37-34-21-18-15-12-9-6-3)63-57(60)51-48-45-42-39-36-32-23-20-17-14-11-8-5-2/h8,11,17,20,22,24,26-27,29-30,32,36,42,45,54H,4-7,9-10,12-16,18-19,21,23,25,28,31,33-35,37-41,43-44,46-53H2,1-3H3/b11-8-,20-17-,24-22-,27-26-,30-29-,36-32-,45-42-.